The quantitative estimate of drug-likeness (QED) is 0.387. The number of nitrogens with zero attached hydrogens (tertiary/aromatic N) is 1. The number of hydrogen-bond acceptors (Lipinski definition) is 6. The number of benzene rings is 3. The number of hydrogen-bond donors (Lipinski definition) is 3. The molecule has 3 aromatic carbocycles. The first-order chi connectivity index (χ1) is 18.5. The number of rotatable bonds is 8. The molecule has 2 aliphatic heterocycles. The van der Waals surface area contributed by atoms with Crippen LogP contribution in [-0.2, 0) is 16.1 Å². The number of nitrogens with one attached hydrogen (secondary N) is 3. The number of anilines is 2. The van der Waals surface area contributed by atoms with Gasteiger partial charge in [0.15, 0.2) is 0 Å². The van der Waals surface area contributed by atoms with Crippen LogP contribution in [-0.4, -0.2) is 50.1 Å². The summed E-state index contributed by atoms with van der Waals surface area (Å²) >= 11 is 0. The maximum Gasteiger partial charge on any atom is 0.257 e. The van der Waals surface area contributed by atoms with Gasteiger partial charge < -0.3 is 25.4 Å². The van der Waals surface area contributed by atoms with Crippen LogP contribution in [0.2, 0.25) is 0 Å². The van der Waals surface area contributed by atoms with Crippen molar-refractivity contribution >= 4 is 28.8 Å². The number of amides is 2. The average Bonchev–Trinajstić information content (AvgIpc) is 3.26. The Morgan fingerprint density at radius 1 is 1.11 bits per heavy atom. The van der Waals surface area contributed by atoms with Gasteiger partial charge in [0.25, 0.3) is 11.8 Å². The summed E-state index contributed by atoms with van der Waals surface area (Å²) in [6.07, 6.45) is 1.71. The first kappa shape index (κ1) is 25.5. The Labute approximate surface area is 222 Å². The van der Waals surface area contributed by atoms with Crippen LogP contribution in [0.15, 0.2) is 72.9 Å². The van der Waals surface area contributed by atoms with Crippen molar-refractivity contribution in [1.29, 1.82) is 0 Å². The van der Waals surface area contributed by atoms with Gasteiger partial charge in [-0.1, -0.05) is 24.3 Å². The summed E-state index contributed by atoms with van der Waals surface area (Å²) in [7, 11) is 1.62. The van der Waals surface area contributed by atoms with Crippen molar-refractivity contribution in [2.45, 2.75) is 19.5 Å². The monoisotopic (exact) mass is 512 g/mol. The molecule has 38 heavy (non-hydrogen) atoms. The van der Waals surface area contributed by atoms with Crippen LogP contribution >= 0.6 is 0 Å². The van der Waals surface area contributed by atoms with Crippen LogP contribution in [0.1, 0.15) is 40.0 Å². The maximum atomic E-state index is 13.0. The van der Waals surface area contributed by atoms with E-state index < -0.39 is 0 Å². The fourth-order valence-electron chi connectivity index (χ4n) is 4.66. The topological polar surface area (TPSA) is 91.9 Å². The largest absolute Gasteiger partial charge is 0.497 e. The molecule has 8 heteroatoms. The SMILES string of the molecule is COc1ccc([C@H](C)NC(=O)c2ccc3c(c2)/C(=C/Nc2cccc(CN4CCOCC4)c2)C(=O)N3)cc1. The normalized spacial score (nSPS) is 17.0. The molecule has 2 aliphatic rings. The summed E-state index contributed by atoms with van der Waals surface area (Å²) in [4.78, 5) is 28.1. The second kappa shape index (κ2) is 11.5. The van der Waals surface area contributed by atoms with E-state index in [2.05, 4.69) is 33.0 Å². The Morgan fingerprint density at radius 3 is 2.66 bits per heavy atom. The molecular formula is C30H32N4O4. The highest BCUT2D eigenvalue weighted by molar-refractivity contribution is 6.32. The summed E-state index contributed by atoms with van der Waals surface area (Å²) in [6, 6.07) is 20.8. The van der Waals surface area contributed by atoms with Crippen molar-refractivity contribution < 1.29 is 19.1 Å². The predicted molar refractivity (Wildman–Crippen MR) is 148 cm³/mol. The van der Waals surface area contributed by atoms with E-state index in [4.69, 9.17) is 9.47 Å². The van der Waals surface area contributed by atoms with Crippen LogP contribution in [0, 0.1) is 0 Å². The standard InChI is InChI=1S/C30H32N4O4/c1-20(22-6-9-25(37-2)10-7-22)32-29(35)23-8-11-28-26(17-23)27(30(36)33-28)18-31-24-5-3-4-21(16-24)19-34-12-14-38-15-13-34/h3-11,16-18,20,31H,12-15,19H2,1-2H3,(H,32,35)(H,33,36)/b27-18-/t20-/m0/s1. The molecule has 0 unspecified atom stereocenters. The third-order valence-corrected chi connectivity index (χ3v) is 6.85. The number of fused-ring (bicyclic) bond motifs is 1. The van der Waals surface area contributed by atoms with Gasteiger partial charge in [0.1, 0.15) is 5.75 Å². The number of morpholine rings is 1. The van der Waals surface area contributed by atoms with E-state index in [0.29, 0.717) is 22.4 Å². The van der Waals surface area contributed by atoms with E-state index in [1.165, 1.54) is 5.56 Å². The van der Waals surface area contributed by atoms with Gasteiger partial charge in [0.05, 0.1) is 31.9 Å². The smallest absolute Gasteiger partial charge is 0.257 e. The fraction of sp³-hybridized carbons (Fsp3) is 0.267. The number of carbonyl (C=O) groups excluding carboxylic acids is 2. The fourth-order valence-corrected chi connectivity index (χ4v) is 4.66. The number of carbonyl (C=O) groups is 2. The second-order valence-electron chi connectivity index (χ2n) is 9.47. The highest BCUT2D eigenvalue weighted by atomic mass is 16.5. The van der Waals surface area contributed by atoms with Crippen molar-refractivity contribution in [3.05, 3.63) is 95.2 Å². The van der Waals surface area contributed by atoms with Gasteiger partial charge in [-0.25, -0.2) is 0 Å². The molecule has 1 atom stereocenters. The molecule has 0 aliphatic carbocycles. The molecule has 3 N–H and O–H groups in total. The van der Waals surface area contributed by atoms with Crippen molar-refractivity contribution in [2.75, 3.05) is 44.0 Å². The molecule has 0 saturated carbocycles. The lowest BCUT2D eigenvalue weighted by atomic mass is 10.0. The molecule has 8 nitrogen and oxygen atoms in total. The Morgan fingerprint density at radius 2 is 1.89 bits per heavy atom. The van der Waals surface area contributed by atoms with E-state index >= 15 is 0 Å². The molecular weight excluding hydrogens is 480 g/mol. The molecule has 3 aromatic rings. The van der Waals surface area contributed by atoms with Crippen molar-refractivity contribution in [3.63, 3.8) is 0 Å². The summed E-state index contributed by atoms with van der Waals surface area (Å²) < 4.78 is 10.6. The zero-order valence-corrected chi connectivity index (χ0v) is 21.6. The predicted octanol–water partition coefficient (Wildman–Crippen LogP) is 4.42. The number of ether oxygens (including phenoxy) is 2. The van der Waals surface area contributed by atoms with Gasteiger partial charge in [-0.05, 0) is 60.5 Å². The summed E-state index contributed by atoms with van der Waals surface area (Å²) in [5.41, 5.74) is 5.40. The molecule has 1 fully saturated rings. The van der Waals surface area contributed by atoms with Gasteiger partial charge in [-0.3, -0.25) is 14.5 Å². The van der Waals surface area contributed by atoms with E-state index in [1.807, 2.05) is 43.3 Å². The summed E-state index contributed by atoms with van der Waals surface area (Å²) in [5.74, 6) is 0.347. The van der Waals surface area contributed by atoms with Crippen LogP contribution < -0.4 is 20.7 Å². The Kier molecular flexibility index (Phi) is 7.72. The average molecular weight is 513 g/mol. The Bertz CT molecular complexity index is 1350. The molecule has 0 spiro atoms. The molecule has 5 rings (SSSR count). The third kappa shape index (κ3) is 5.88. The Hall–Kier alpha value is -4.14. The molecule has 1 saturated heterocycles. The minimum absolute atomic E-state index is 0.192. The van der Waals surface area contributed by atoms with Crippen LogP contribution in [0.5, 0.6) is 5.75 Å². The molecule has 0 bridgehead atoms. The summed E-state index contributed by atoms with van der Waals surface area (Å²) in [6.45, 7) is 6.16. The van der Waals surface area contributed by atoms with Gasteiger partial charge in [0.2, 0.25) is 0 Å². The van der Waals surface area contributed by atoms with Crippen molar-refractivity contribution in [2.24, 2.45) is 0 Å². The molecule has 196 valence electrons. The van der Waals surface area contributed by atoms with Gasteiger partial charge in [-0.15, -0.1) is 0 Å². The first-order valence-electron chi connectivity index (χ1n) is 12.8. The van der Waals surface area contributed by atoms with Crippen LogP contribution in [0.4, 0.5) is 11.4 Å². The lowest BCUT2D eigenvalue weighted by Gasteiger charge is -2.26. The van der Waals surface area contributed by atoms with E-state index in [-0.39, 0.29) is 17.9 Å². The summed E-state index contributed by atoms with van der Waals surface area (Å²) in [5, 5.41) is 9.19. The van der Waals surface area contributed by atoms with Crippen molar-refractivity contribution in [1.82, 2.24) is 10.2 Å². The van der Waals surface area contributed by atoms with Gasteiger partial charge in [-0.2, -0.15) is 0 Å². The van der Waals surface area contributed by atoms with Crippen molar-refractivity contribution in [3.8, 4) is 5.75 Å². The van der Waals surface area contributed by atoms with E-state index in [9.17, 15) is 9.59 Å². The van der Waals surface area contributed by atoms with Crippen LogP contribution in [0.3, 0.4) is 0 Å². The van der Waals surface area contributed by atoms with Gasteiger partial charge >= 0.3 is 0 Å². The Balaban J connectivity index is 1.28. The second-order valence-corrected chi connectivity index (χ2v) is 9.47. The maximum absolute atomic E-state index is 13.0. The molecule has 2 heterocycles. The first-order valence-corrected chi connectivity index (χ1v) is 12.8. The third-order valence-electron chi connectivity index (χ3n) is 6.85. The van der Waals surface area contributed by atoms with E-state index in [0.717, 1.165) is 49.8 Å². The van der Waals surface area contributed by atoms with Gasteiger partial charge in [0, 0.05) is 48.3 Å². The zero-order valence-electron chi connectivity index (χ0n) is 21.6. The lowest BCUT2D eigenvalue weighted by molar-refractivity contribution is -0.110. The zero-order chi connectivity index (χ0) is 26.5. The highest BCUT2D eigenvalue weighted by Gasteiger charge is 2.25. The molecule has 2 amide bonds. The van der Waals surface area contributed by atoms with E-state index in [1.54, 1.807) is 31.5 Å². The highest BCUT2D eigenvalue weighted by Crippen LogP contribution is 2.33. The molecule has 0 aromatic heterocycles. The number of methoxy groups -OCH3 is 1. The molecule has 0 radical (unpaired) electrons. The minimum Gasteiger partial charge on any atom is -0.497 e. The minimum atomic E-state index is -0.210. The van der Waals surface area contributed by atoms with Crippen LogP contribution in [0.25, 0.3) is 5.57 Å². The lowest BCUT2D eigenvalue weighted by Crippen LogP contribution is -2.35.